The van der Waals surface area contributed by atoms with Gasteiger partial charge in [0.05, 0.1) is 37.9 Å². The molecule has 4 atom stereocenters. The summed E-state index contributed by atoms with van der Waals surface area (Å²) < 4.78 is 17.7. The number of hydrogen-bond donors (Lipinski definition) is 2. The van der Waals surface area contributed by atoms with Crippen molar-refractivity contribution >= 4 is 5.91 Å². The summed E-state index contributed by atoms with van der Waals surface area (Å²) in [6.07, 6.45) is 10.4. The Bertz CT molecular complexity index is 550. The molecule has 3 saturated heterocycles. The van der Waals surface area contributed by atoms with Crippen molar-refractivity contribution in [3.8, 4) is 0 Å². The predicted molar refractivity (Wildman–Crippen MR) is 118 cm³/mol. The van der Waals surface area contributed by atoms with Gasteiger partial charge in [-0.3, -0.25) is 9.69 Å². The molecular weight excluding hydrogens is 396 g/mol. The maximum Gasteiger partial charge on any atom is 0.222 e. The molecule has 4 rings (SSSR count). The maximum absolute atomic E-state index is 12.5. The minimum atomic E-state index is -0.455. The van der Waals surface area contributed by atoms with Crippen LogP contribution in [0.5, 0.6) is 0 Å². The molecule has 1 amide bonds. The number of ether oxygens (including phenoxy) is 3. The number of fused-ring (bicyclic) bond motifs is 1. The fourth-order valence-corrected chi connectivity index (χ4v) is 5.84. The number of aliphatic hydroxyl groups excluding tert-OH is 1. The van der Waals surface area contributed by atoms with Crippen molar-refractivity contribution < 1.29 is 24.1 Å². The number of hydrogen-bond acceptors (Lipinski definition) is 6. The Hall–Kier alpha value is -0.730. The third-order valence-electron chi connectivity index (χ3n) is 7.65. The van der Waals surface area contributed by atoms with Crippen LogP contribution < -0.4 is 5.32 Å². The number of carbonyl (C=O) groups is 1. The molecule has 178 valence electrons. The van der Waals surface area contributed by atoms with E-state index < -0.39 is 6.10 Å². The van der Waals surface area contributed by atoms with E-state index in [9.17, 15) is 9.90 Å². The van der Waals surface area contributed by atoms with Crippen LogP contribution in [0.2, 0.25) is 0 Å². The van der Waals surface area contributed by atoms with Gasteiger partial charge in [0.25, 0.3) is 0 Å². The first kappa shape index (κ1) is 23.4. The zero-order chi connectivity index (χ0) is 21.5. The number of rotatable bonds is 6. The van der Waals surface area contributed by atoms with Crippen molar-refractivity contribution in [2.75, 3.05) is 46.1 Å². The van der Waals surface area contributed by atoms with Crippen LogP contribution in [0.3, 0.4) is 0 Å². The molecule has 1 saturated carbocycles. The summed E-state index contributed by atoms with van der Waals surface area (Å²) in [5.41, 5.74) is 0. The second kappa shape index (κ2) is 11.9. The van der Waals surface area contributed by atoms with Gasteiger partial charge in [0.15, 0.2) is 0 Å². The first-order valence-electron chi connectivity index (χ1n) is 12.7. The Morgan fingerprint density at radius 2 is 1.74 bits per heavy atom. The molecule has 7 heteroatoms. The molecule has 3 aliphatic heterocycles. The van der Waals surface area contributed by atoms with Gasteiger partial charge in [-0.25, -0.2) is 0 Å². The van der Waals surface area contributed by atoms with Crippen molar-refractivity contribution in [1.29, 1.82) is 0 Å². The summed E-state index contributed by atoms with van der Waals surface area (Å²) in [6, 6.07) is 0.249. The van der Waals surface area contributed by atoms with Crippen LogP contribution in [0.15, 0.2) is 0 Å². The summed E-state index contributed by atoms with van der Waals surface area (Å²) in [4.78, 5) is 15.0. The molecule has 3 heterocycles. The van der Waals surface area contributed by atoms with E-state index >= 15 is 0 Å². The van der Waals surface area contributed by atoms with Crippen LogP contribution >= 0.6 is 0 Å². The number of carbonyl (C=O) groups excluding carboxylic acids is 1. The summed E-state index contributed by atoms with van der Waals surface area (Å²) in [6.45, 7) is 4.96. The molecule has 0 aromatic rings. The fraction of sp³-hybridized carbons (Fsp3) is 0.958. The van der Waals surface area contributed by atoms with Crippen molar-refractivity contribution in [3.63, 3.8) is 0 Å². The van der Waals surface area contributed by atoms with E-state index in [1.165, 1.54) is 32.1 Å². The lowest BCUT2D eigenvalue weighted by atomic mass is 9.89. The Balaban J connectivity index is 1.27. The van der Waals surface area contributed by atoms with Crippen molar-refractivity contribution in [2.24, 2.45) is 11.8 Å². The summed E-state index contributed by atoms with van der Waals surface area (Å²) in [5.74, 6) is 1.39. The normalized spacial score (nSPS) is 34.5. The molecule has 0 aromatic heterocycles. The fourth-order valence-electron chi connectivity index (χ4n) is 5.84. The summed E-state index contributed by atoms with van der Waals surface area (Å²) >= 11 is 0. The highest BCUT2D eigenvalue weighted by atomic mass is 16.5. The van der Waals surface area contributed by atoms with Crippen LogP contribution in [0.1, 0.15) is 64.2 Å². The molecule has 7 nitrogen and oxygen atoms in total. The molecule has 31 heavy (non-hydrogen) atoms. The molecule has 0 spiro atoms. The third kappa shape index (κ3) is 7.13. The Labute approximate surface area is 187 Å². The standard InChI is InChI=1S/C24H42N2O5/c27-20-15-26(14-19-8-10-29-11-9-19)22-7-6-21(31-23(22)17-30-16-20)12-24(28)25-13-18-4-2-1-3-5-18/h18-23,27H,1-17H2,(H,25,28)/t20-,21-,22+,23-/m1/s1. The maximum atomic E-state index is 12.5. The predicted octanol–water partition coefficient (Wildman–Crippen LogP) is 2.11. The minimum Gasteiger partial charge on any atom is -0.389 e. The number of β-amino-alcohol motifs (C(OH)–C–C–N with tert-alkyl or cyclic N) is 1. The average molecular weight is 439 g/mol. The van der Waals surface area contributed by atoms with Gasteiger partial charge < -0.3 is 24.6 Å². The molecule has 4 fully saturated rings. The lowest BCUT2D eigenvalue weighted by Crippen LogP contribution is -2.57. The first-order valence-corrected chi connectivity index (χ1v) is 12.7. The average Bonchev–Trinajstić information content (AvgIpc) is 2.78. The molecule has 1 aliphatic carbocycles. The number of nitrogens with zero attached hydrogens (tertiary/aromatic N) is 1. The van der Waals surface area contributed by atoms with Crippen molar-refractivity contribution in [3.05, 3.63) is 0 Å². The molecule has 2 N–H and O–H groups in total. The molecule has 0 unspecified atom stereocenters. The Morgan fingerprint density at radius 1 is 0.935 bits per heavy atom. The zero-order valence-corrected chi connectivity index (χ0v) is 19.0. The van der Waals surface area contributed by atoms with E-state index in [0.717, 1.165) is 52.0 Å². The lowest BCUT2D eigenvalue weighted by Gasteiger charge is -2.45. The summed E-state index contributed by atoms with van der Waals surface area (Å²) in [5, 5.41) is 13.5. The highest BCUT2D eigenvalue weighted by Gasteiger charge is 2.38. The smallest absolute Gasteiger partial charge is 0.222 e. The van der Waals surface area contributed by atoms with Gasteiger partial charge in [0.2, 0.25) is 5.91 Å². The SMILES string of the molecule is O=C(C[C@H]1CC[C@H]2[C@@H](COC[C@H](O)CN2CC2CCOCC2)O1)NCC1CCCCC1. The van der Waals surface area contributed by atoms with E-state index in [1.54, 1.807) is 0 Å². The van der Waals surface area contributed by atoms with Crippen LogP contribution in [0.25, 0.3) is 0 Å². The molecular formula is C24H42N2O5. The quantitative estimate of drug-likeness (QED) is 0.661. The van der Waals surface area contributed by atoms with Gasteiger partial charge in [-0.05, 0) is 50.4 Å². The second-order valence-electron chi connectivity index (χ2n) is 10.2. The van der Waals surface area contributed by atoms with Gasteiger partial charge in [-0.1, -0.05) is 19.3 Å². The van der Waals surface area contributed by atoms with Crippen molar-refractivity contribution in [2.45, 2.75) is 88.6 Å². The van der Waals surface area contributed by atoms with E-state index in [2.05, 4.69) is 10.2 Å². The van der Waals surface area contributed by atoms with Crippen LogP contribution in [0, 0.1) is 11.8 Å². The van der Waals surface area contributed by atoms with Crippen LogP contribution in [0.4, 0.5) is 0 Å². The molecule has 0 aromatic carbocycles. The highest BCUT2D eigenvalue weighted by Crippen LogP contribution is 2.29. The van der Waals surface area contributed by atoms with E-state index in [0.29, 0.717) is 38.0 Å². The Kier molecular flexibility index (Phi) is 9.02. The molecule has 0 radical (unpaired) electrons. The van der Waals surface area contributed by atoms with E-state index in [4.69, 9.17) is 14.2 Å². The topological polar surface area (TPSA) is 80.3 Å². The molecule has 4 aliphatic rings. The number of aliphatic hydroxyl groups is 1. The van der Waals surface area contributed by atoms with Gasteiger partial charge >= 0.3 is 0 Å². The van der Waals surface area contributed by atoms with Gasteiger partial charge in [0.1, 0.15) is 0 Å². The number of amides is 1. The Morgan fingerprint density at radius 3 is 2.55 bits per heavy atom. The van der Waals surface area contributed by atoms with Crippen LogP contribution in [-0.4, -0.2) is 86.3 Å². The third-order valence-corrected chi connectivity index (χ3v) is 7.65. The molecule has 0 bridgehead atoms. The number of nitrogens with one attached hydrogen (secondary N) is 1. The van der Waals surface area contributed by atoms with E-state index in [1.807, 2.05) is 0 Å². The van der Waals surface area contributed by atoms with Crippen LogP contribution in [-0.2, 0) is 19.0 Å². The van der Waals surface area contributed by atoms with Gasteiger partial charge in [-0.2, -0.15) is 0 Å². The largest absolute Gasteiger partial charge is 0.389 e. The second-order valence-corrected chi connectivity index (χ2v) is 10.2. The van der Waals surface area contributed by atoms with Gasteiger partial charge in [-0.15, -0.1) is 0 Å². The highest BCUT2D eigenvalue weighted by molar-refractivity contribution is 5.76. The van der Waals surface area contributed by atoms with Crippen molar-refractivity contribution in [1.82, 2.24) is 10.2 Å². The minimum absolute atomic E-state index is 0.0303. The monoisotopic (exact) mass is 438 g/mol. The summed E-state index contributed by atoms with van der Waals surface area (Å²) in [7, 11) is 0. The van der Waals surface area contributed by atoms with Gasteiger partial charge in [0, 0.05) is 38.9 Å². The zero-order valence-electron chi connectivity index (χ0n) is 19.0. The lowest BCUT2D eigenvalue weighted by molar-refractivity contribution is -0.159. The first-order chi connectivity index (χ1) is 15.2. The van der Waals surface area contributed by atoms with E-state index in [-0.39, 0.29) is 24.2 Å².